The first kappa shape index (κ1) is 54.7. The van der Waals surface area contributed by atoms with E-state index in [2.05, 4.69) is 30.7 Å². The number of urea groups is 1. The van der Waals surface area contributed by atoms with Crippen LogP contribution in [0.1, 0.15) is 31.8 Å². The number of anilines is 1. The number of carboxylic acids is 1. The lowest BCUT2D eigenvalue weighted by atomic mass is 10.1. The SMILES string of the molecule is CCOC(=O)C(Cl)Cc1cc(-n2nc(C)n(C(F)F)c2=O)c(F)cc1Cl.CCS(=O)(=O)c1cccnc1S(=O)(=O)NC(=O)Nc1nc(OC)cc(OC)n1.O=C(O)CNCP(=O)(O)O. The van der Waals surface area contributed by atoms with Crippen LogP contribution in [0.4, 0.5) is 23.9 Å². The number of rotatable bonds is 17. The molecule has 0 radical (unpaired) electrons. The molecule has 2 amide bonds. The number of aliphatic carboxylic acids is 1. The number of sulfone groups is 1. The van der Waals surface area contributed by atoms with Crippen molar-refractivity contribution >= 4 is 74.6 Å². The van der Waals surface area contributed by atoms with Gasteiger partial charge in [-0.2, -0.15) is 31.8 Å². The Hall–Kier alpha value is -5.42. The van der Waals surface area contributed by atoms with E-state index in [1.54, 1.807) is 11.6 Å². The van der Waals surface area contributed by atoms with Crippen molar-refractivity contribution in [2.45, 2.75) is 49.0 Å². The fourth-order valence-corrected chi connectivity index (χ4v) is 7.92. The van der Waals surface area contributed by atoms with Gasteiger partial charge in [0.1, 0.15) is 21.8 Å². The van der Waals surface area contributed by atoms with Crippen LogP contribution in [-0.4, -0.2) is 124 Å². The van der Waals surface area contributed by atoms with E-state index in [-0.39, 0.29) is 63.2 Å². The quantitative estimate of drug-likeness (QED) is 0.0502. The van der Waals surface area contributed by atoms with Crippen molar-refractivity contribution < 1.29 is 78.1 Å². The first-order valence-corrected chi connectivity index (χ1v) is 23.2. The van der Waals surface area contributed by atoms with Crippen molar-refractivity contribution in [2.75, 3.05) is 44.7 Å². The monoisotopic (exact) mass is 1010 g/mol. The number of aryl methyl sites for hydroxylation is 1. The number of nitrogens with zero attached hydrogens (tertiary/aromatic N) is 6. The number of carbonyl (C=O) groups excluding carboxylic acids is 2. The molecule has 0 aliphatic rings. The molecule has 64 heavy (non-hydrogen) atoms. The summed E-state index contributed by atoms with van der Waals surface area (Å²) in [4.78, 5) is 72.7. The average Bonchev–Trinajstić information content (AvgIpc) is 3.51. The van der Waals surface area contributed by atoms with E-state index < -0.39 is 91.6 Å². The number of alkyl halides is 3. The zero-order chi connectivity index (χ0) is 48.7. The number of hydrogen-bond donors (Lipinski definition) is 6. The summed E-state index contributed by atoms with van der Waals surface area (Å²) in [5.41, 5.74) is -1.37. The molecule has 0 bridgehead atoms. The minimum atomic E-state index is -4.61. The first-order valence-electron chi connectivity index (χ1n) is 17.4. The number of halogens is 5. The van der Waals surface area contributed by atoms with Crippen LogP contribution in [0.3, 0.4) is 0 Å². The molecule has 0 aliphatic carbocycles. The van der Waals surface area contributed by atoms with Gasteiger partial charge in [0, 0.05) is 17.6 Å². The largest absolute Gasteiger partial charge is 0.481 e. The summed E-state index contributed by atoms with van der Waals surface area (Å²) in [6, 6.07) is 4.50. The lowest BCUT2D eigenvalue weighted by molar-refractivity contribution is -0.142. The summed E-state index contributed by atoms with van der Waals surface area (Å²) in [5.74, 6) is -3.59. The maximum atomic E-state index is 14.2. The van der Waals surface area contributed by atoms with Crippen LogP contribution in [0.5, 0.6) is 11.8 Å². The molecular formula is C32H39Cl2F3N9O15PS2. The van der Waals surface area contributed by atoms with Gasteiger partial charge in [-0.1, -0.05) is 18.5 Å². The summed E-state index contributed by atoms with van der Waals surface area (Å²) in [6.07, 6.45) is 0.381. The molecule has 24 nitrogen and oxygen atoms in total. The summed E-state index contributed by atoms with van der Waals surface area (Å²) in [7, 11) is -9.94. The number of amides is 2. The molecule has 354 valence electrons. The predicted molar refractivity (Wildman–Crippen MR) is 218 cm³/mol. The van der Waals surface area contributed by atoms with E-state index in [9.17, 15) is 53.8 Å². The van der Waals surface area contributed by atoms with E-state index in [1.807, 2.05) is 0 Å². The maximum Gasteiger partial charge on any atom is 0.355 e. The van der Waals surface area contributed by atoms with Crippen molar-refractivity contribution in [2.24, 2.45) is 0 Å². The van der Waals surface area contributed by atoms with Crippen LogP contribution in [0.2, 0.25) is 5.02 Å². The van der Waals surface area contributed by atoms with E-state index in [0.717, 1.165) is 24.4 Å². The number of carboxylic acid groups (broad SMARTS) is 1. The smallest absolute Gasteiger partial charge is 0.355 e. The molecule has 4 rings (SSSR count). The van der Waals surface area contributed by atoms with Crippen molar-refractivity contribution in [3.63, 3.8) is 0 Å². The molecule has 0 saturated heterocycles. The van der Waals surface area contributed by atoms with Crippen molar-refractivity contribution in [3.05, 3.63) is 69.2 Å². The molecule has 4 aromatic rings. The van der Waals surface area contributed by atoms with Gasteiger partial charge in [-0.05, 0) is 43.7 Å². The van der Waals surface area contributed by atoms with Crippen molar-refractivity contribution in [3.8, 4) is 17.4 Å². The highest BCUT2D eigenvalue weighted by atomic mass is 35.5. The summed E-state index contributed by atoms with van der Waals surface area (Å²) < 4.78 is 116. The minimum absolute atomic E-state index is 0.0424. The summed E-state index contributed by atoms with van der Waals surface area (Å²) >= 11 is 11.9. The molecule has 32 heteroatoms. The molecule has 0 aliphatic heterocycles. The second-order valence-electron chi connectivity index (χ2n) is 11.9. The van der Waals surface area contributed by atoms with Gasteiger partial charge in [-0.3, -0.25) is 24.8 Å². The fourth-order valence-electron chi connectivity index (χ4n) is 4.51. The Morgan fingerprint density at radius 1 is 1.03 bits per heavy atom. The molecule has 1 unspecified atom stereocenters. The molecule has 3 aromatic heterocycles. The fraction of sp³-hybridized carbons (Fsp3) is 0.375. The lowest BCUT2D eigenvalue weighted by Crippen LogP contribution is -2.36. The maximum absolute atomic E-state index is 14.2. The van der Waals surface area contributed by atoms with Gasteiger partial charge in [0.15, 0.2) is 20.7 Å². The van der Waals surface area contributed by atoms with Crippen LogP contribution in [0.25, 0.3) is 5.69 Å². The Kier molecular flexibility index (Phi) is 20.5. The molecule has 1 aromatic carbocycles. The molecule has 1 atom stereocenters. The van der Waals surface area contributed by atoms with E-state index >= 15 is 0 Å². The van der Waals surface area contributed by atoms with Gasteiger partial charge in [-0.25, -0.2) is 36.7 Å². The standard InChI is InChI=1S/C15H14Cl2F3N3O3.C14H17N5O7S2.C3H8NO5P/c1-3-26-13(24)10(17)4-8-5-12(11(18)6-9(8)16)23-15(25)22(14(19)20)7(2)21-23;1-4-27(21,22)9-6-5-7-15-12(9)28(23,24)19-14(20)18-13-16-10(25-2)8-11(17-13)26-3;5-3(6)1-4-2-10(7,8)9/h5-6,10,14H,3-4H2,1-2H3;5-8H,4H2,1-3H3,(H2,16,17,18,19,20);4H,1-2H2,(H,5,6)(H2,7,8,9). The minimum Gasteiger partial charge on any atom is -0.481 e. The lowest BCUT2D eigenvalue weighted by Gasteiger charge is -2.12. The van der Waals surface area contributed by atoms with Crippen molar-refractivity contribution in [1.82, 2.24) is 39.3 Å². The number of nitrogens with one attached hydrogen (secondary N) is 3. The van der Waals surface area contributed by atoms with Crippen molar-refractivity contribution in [1.29, 1.82) is 0 Å². The van der Waals surface area contributed by atoms with Crippen LogP contribution in [0, 0.1) is 12.7 Å². The third kappa shape index (κ3) is 16.3. The average molecular weight is 1010 g/mol. The Morgan fingerprint density at radius 2 is 1.64 bits per heavy atom. The molecule has 3 heterocycles. The molecule has 6 N–H and O–H groups in total. The Morgan fingerprint density at radius 3 is 2.14 bits per heavy atom. The number of methoxy groups -OCH3 is 2. The second kappa shape index (κ2) is 24.0. The predicted octanol–water partition coefficient (Wildman–Crippen LogP) is 2.23. The number of ether oxygens (including phenoxy) is 3. The molecule has 0 fully saturated rings. The first-order chi connectivity index (χ1) is 29.7. The zero-order valence-electron chi connectivity index (χ0n) is 33.7. The highest BCUT2D eigenvalue weighted by Crippen LogP contribution is 2.31. The highest BCUT2D eigenvalue weighted by molar-refractivity contribution is 7.93. The molecule has 0 saturated carbocycles. The highest BCUT2D eigenvalue weighted by Gasteiger charge is 2.29. The number of pyridine rings is 1. The van der Waals surface area contributed by atoms with Crippen LogP contribution in [0.15, 0.2) is 51.2 Å². The number of aromatic nitrogens is 6. The number of carbonyl (C=O) groups is 3. The number of benzene rings is 1. The van der Waals surface area contributed by atoms with E-state index in [4.69, 9.17) is 52.3 Å². The third-order valence-corrected chi connectivity index (χ3v) is 11.8. The van der Waals surface area contributed by atoms with Crippen LogP contribution in [-0.2, 0) is 45.2 Å². The van der Waals surface area contributed by atoms with E-state index in [1.165, 1.54) is 40.2 Å². The van der Waals surface area contributed by atoms with Gasteiger partial charge in [0.2, 0.25) is 17.7 Å². The van der Waals surface area contributed by atoms with Crippen LogP contribution >= 0.6 is 30.8 Å². The topological polar surface area (TPSA) is 340 Å². The third-order valence-electron chi connectivity index (χ3n) is 7.31. The molecular weight excluding hydrogens is 973 g/mol. The number of sulfonamides is 1. The Balaban J connectivity index is 0.000000365. The van der Waals surface area contributed by atoms with Gasteiger partial charge in [0.05, 0.1) is 45.5 Å². The van der Waals surface area contributed by atoms with E-state index in [0.29, 0.717) is 4.68 Å². The van der Waals surface area contributed by atoms with Gasteiger partial charge in [-0.15, -0.1) is 16.7 Å². The summed E-state index contributed by atoms with van der Waals surface area (Å²) in [6.45, 7) is 0.719. The second-order valence-corrected chi connectivity index (χ2v) is 18.3. The van der Waals surface area contributed by atoms with Gasteiger partial charge >= 0.3 is 37.8 Å². The number of esters is 1. The van der Waals surface area contributed by atoms with Gasteiger partial charge < -0.3 is 29.1 Å². The molecule has 0 spiro atoms. The Bertz CT molecular complexity index is 2620. The normalized spacial score (nSPS) is 11.9. The Labute approximate surface area is 371 Å². The number of hydrogen-bond acceptors (Lipinski definition) is 17. The van der Waals surface area contributed by atoms with Gasteiger partial charge in [0.25, 0.3) is 10.0 Å². The zero-order valence-corrected chi connectivity index (χ0v) is 37.8. The summed E-state index contributed by atoms with van der Waals surface area (Å²) in [5, 5.41) is 13.9. The van der Waals surface area contributed by atoms with Crippen LogP contribution < -0.4 is 30.5 Å².